The number of halogens is 3. The Morgan fingerprint density at radius 1 is 1.41 bits per heavy atom. The third-order valence-electron chi connectivity index (χ3n) is 3.02. The summed E-state index contributed by atoms with van der Waals surface area (Å²) in [5.41, 5.74) is 5.58. The van der Waals surface area contributed by atoms with E-state index < -0.39 is 11.1 Å². The molecule has 0 saturated carbocycles. The van der Waals surface area contributed by atoms with E-state index in [2.05, 4.69) is 4.90 Å². The molecule has 0 aromatic carbocycles. The average Bonchev–Trinajstić information content (AvgIpc) is 2.86. The maximum Gasteiger partial charge on any atom is 0.425 e. The van der Waals surface area contributed by atoms with Crippen LogP contribution in [0.25, 0.3) is 0 Å². The van der Waals surface area contributed by atoms with E-state index in [1.54, 1.807) is 6.07 Å². The molecule has 1 unspecified atom stereocenters. The second kappa shape index (κ2) is 4.96. The van der Waals surface area contributed by atoms with Gasteiger partial charge < -0.3 is 5.73 Å². The molecule has 2 N–H and O–H groups in total. The molecule has 1 aliphatic rings. The second-order valence-corrected chi connectivity index (χ2v) is 5.56. The van der Waals surface area contributed by atoms with Crippen molar-refractivity contribution in [3.8, 4) is 0 Å². The zero-order chi connectivity index (χ0) is 12.5. The van der Waals surface area contributed by atoms with E-state index in [9.17, 15) is 13.2 Å². The first-order valence-corrected chi connectivity index (χ1v) is 6.39. The second-order valence-electron chi connectivity index (χ2n) is 4.39. The van der Waals surface area contributed by atoms with Crippen molar-refractivity contribution in [1.82, 2.24) is 4.90 Å². The molecule has 1 aromatic rings. The predicted octanol–water partition coefficient (Wildman–Crippen LogP) is 2.55. The van der Waals surface area contributed by atoms with Gasteiger partial charge in [0, 0.05) is 18.0 Å². The van der Waals surface area contributed by atoms with Crippen LogP contribution in [0.5, 0.6) is 0 Å². The van der Waals surface area contributed by atoms with Gasteiger partial charge in [-0.2, -0.15) is 13.2 Å². The Hall–Kier alpha value is -0.590. The largest absolute Gasteiger partial charge is 0.425 e. The van der Waals surface area contributed by atoms with Crippen LogP contribution in [0.2, 0.25) is 0 Å². The molecule has 1 atom stereocenters. The lowest BCUT2D eigenvalue weighted by Gasteiger charge is -2.14. The average molecular weight is 264 g/mol. The maximum absolute atomic E-state index is 12.4. The van der Waals surface area contributed by atoms with Crippen LogP contribution in [0, 0.1) is 5.92 Å². The van der Waals surface area contributed by atoms with Crippen molar-refractivity contribution in [1.29, 1.82) is 0 Å². The van der Waals surface area contributed by atoms with Gasteiger partial charge in [0.15, 0.2) is 0 Å². The summed E-state index contributed by atoms with van der Waals surface area (Å²) in [4.78, 5) is 2.43. The number of likely N-dealkylation sites (tertiary alicyclic amines) is 1. The molecule has 1 fully saturated rings. The molecule has 2 nitrogen and oxygen atoms in total. The van der Waals surface area contributed by atoms with Crippen molar-refractivity contribution in [3.05, 3.63) is 21.9 Å². The van der Waals surface area contributed by atoms with Crippen LogP contribution in [-0.4, -0.2) is 24.5 Å². The van der Waals surface area contributed by atoms with Gasteiger partial charge in [0.1, 0.15) is 4.88 Å². The topological polar surface area (TPSA) is 29.3 Å². The standard InChI is InChI=1S/C11H15F3N2S/c12-11(13,14)10-2-1-9(17-10)7-16-4-3-8(5-15)6-16/h1-2,8H,3-7,15H2. The van der Waals surface area contributed by atoms with Gasteiger partial charge in [-0.3, -0.25) is 4.90 Å². The minimum Gasteiger partial charge on any atom is -0.330 e. The molecule has 0 radical (unpaired) electrons. The van der Waals surface area contributed by atoms with Crippen LogP contribution in [0.4, 0.5) is 13.2 Å². The maximum atomic E-state index is 12.4. The van der Waals surface area contributed by atoms with E-state index in [4.69, 9.17) is 5.73 Å². The highest BCUT2D eigenvalue weighted by atomic mass is 32.1. The first-order valence-electron chi connectivity index (χ1n) is 5.57. The zero-order valence-corrected chi connectivity index (χ0v) is 10.2. The lowest BCUT2D eigenvalue weighted by Crippen LogP contribution is -2.22. The molecular weight excluding hydrogens is 249 g/mol. The lowest BCUT2D eigenvalue weighted by molar-refractivity contribution is -0.134. The molecule has 96 valence electrons. The minimum absolute atomic E-state index is 0.497. The summed E-state index contributed by atoms with van der Waals surface area (Å²) in [6, 6.07) is 2.74. The zero-order valence-electron chi connectivity index (χ0n) is 9.33. The summed E-state index contributed by atoms with van der Waals surface area (Å²) < 4.78 is 37.2. The highest BCUT2D eigenvalue weighted by Gasteiger charge is 2.32. The van der Waals surface area contributed by atoms with E-state index in [1.165, 1.54) is 0 Å². The first-order chi connectivity index (χ1) is 7.99. The van der Waals surface area contributed by atoms with Crippen molar-refractivity contribution in [3.63, 3.8) is 0 Å². The number of hydrogen-bond donors (Lipinski definition) is 1. The molecule has 0 aliphatic carbocycles. The van der Waals surface area contributed by atoms with Crippen LogP contribution in [0.3, 0.4) is 0 Å². The number of thiophene rings is 1. The van der Waals surface area contributed by atoms with E-state index in [0.29, 0.717) is 19.0 Å². The van der Waals surface area contributed by atoms with Crippen molar-refractivity contribution < 1.29 is 13.2 Å². The molecule has 0 bridgehead atoms. The number of nitrogens with zero attached hydrogens (tertiary/aromatic N) is 1. The van der Waals surface area contributed by atoms with Crippen LogP contribution in [0.1, 0.15) is 16.2 Å². The third-order valence-corrected chi connectivity index (χ3v) is 4.14. The molecule has 1 saturated heterocycles. The molecule has 17 heavy (non-hydrogen) atoms. The van der Waals surface area contributed by atoms with Crippen molar-refractivity contribution in [2.45, 2.75) is 19.1 Å². The summed E-state index contributed by atoms with van der Waals surface area (Å²) in [5, 5.41) is 0. The van der Waals surface area contributed by atoms with Gasteiger partial charge in [-0.15, -0.1) is 11.3 Å². The van der Waals surface area contributed by atoms with Crippen LogP contribution >= 0.6 is 11.3 Å². The van der Waals surface area contributed by atoms with Crippen LogP contribution in [0.15, 0.2) is 12.1 Å². The Labute approximate surface area is 102 Å². The van der Waals surface area contributed by atoms with Gasteiger partial charge in [0.05, 0.1) is 0 Å². The number of hydrogen-bond acceptors (Lipinski definition) is 3. The molecule has 0 amide bonds. The fourth-order valence-corrected chi connectivity index (χ4v) is 3.00. The number of alkyl halides is 3. The Morgan fingerprint density at radius 3 is 2.71 bits per heavy atom. The van der Waals surface area contributed by atoms with Crippen molar-refractivity contribution in [2.24, 2.45) is 11.7 Å². The lowest BCUT2D eigenvalue weighted by atomic mass is 10.1. The van der Waals surface area contributed by atoms with Crippen molar-refractivity contribution in [2.75, 3.05) is 19.6 Å². The van der Waals surface area contributed by atoms with Gasteiger partial charge in [0.25, 0.3) is 0 Å². The van der Waals surface area contributed by atoms with Crippen LogP contribution in [-0.2, 0) is 12.7 Å². The fourth-order valence-electron chi connectivity index (χ4n) is 2.08. The number of nitrogens with two attached hydrogens (primary N) is 1. The SMILES string of the molecule is NCC1CCN(Cc2ccc(C(F)(F)F)s2)C1. The summed E-state index contributed by atoms with van der Waals surface area (Å²) in [5.74, 6) is 0.497. The molecule has 6 heteroatoms. The van der Waals surface area contributed by atoms with Crippen molar-refractivity contribution >= 4 is 11.3 Å². The monoisotopic (exact) mass is 264 g/mol. The highest BCUT2D eigenvalue weighted by Crippen LogP contribution is 2.35. The Balaban J connectivity index is 1.94. The van der Waals surface area contributed by atoms with Gasteiger partial charge in [0.2, 0.25) is 0 Å². The molecule has 1 aromatic heterocycles. The van der Waals surface area contributed by atoms with Gasteiger partial charge in [-0.25, -0.2) is 0 Å². The summed E-state index contributed by atoms with van der Waals surface area (Å²) in [6.07, 6.45) is -3.16. The normalized spacial score (nSPS) is 22.2. The Kier molecular flexibility index (Phi) is 3.75. The molecule has 2 rings (SSSR count). The predicted molar refractivity (Wildman–Crippen MR) is 61.8 cm³/mol. The first kappa shape index (κ1) is 12.9. The third kappa shape index (κ3) is 3.20. The van der Waals surface area contributed by atoms with E-state index in [-0.39, 0.29) is 0 Å². The van der Waals surface area contributed by atoms with E-state index >= 15 is 0 Å². The summed E-state index contributed by atoms with van der Waals surface area (Å²) in [6.45, 7) is 3.10. The van der Waals surface area contributed by atoms with Gasteiger partial charge in [-0.1, -0.05) is 0 Å². The molecule has 0 spiro atoms. The molecular formula is C11H15F3N2S. The highest BCUT2D eigenvalue weighted by molar-refractivity contribution is 7.12. The fraction of sp³-hybridized carbons (Fsp3) is 0.636. The summed E-state index contributed by atoms with van der Waals surface area (Å²) in [7, 11) is 0. The summed E-state index contributed by atoms with van der Waals surface area (Å²) >= 11 is 0.838. The smallest absolute Gasteiger partial charge is 0.330 e. The Bertz CT molecular complexity index is 375. The minimum atomic E-state index is -4.21. The van der Waals surface area contributed by atoms with Gasteiger partial charge >= 0.3 is 6.18 Å². The van der Waals surface area contributed by atoms with Gasteiger partial charge in [-0.05, 0) is 37.6 Å². The Morgan fingerprint density at radius 2 is 2.18 bits per heavy atom. The number of rotatable bonds is 3. The van der Waals surface area contributed by atoms with Crippen LogP contribution < -0.4 is 5.73 Å². The quantitative estimate of drug-likeness (QED) is 0.909. The van der Waals surface area contributed by atoms with E-state index in [0.717, 1.165) is 41.8 Å². The molecule has 1 aliphatic heterocycles. The molecule has 2 heterocycles. The van der Waals surface area contributed by atoms with E-state index in [1.807, 2.05) is 0 Å².